The summed E-state index contributed by atoms with van der Waals surface area (Å²) in [6, 6.07) is 10.4. The van der Waals surface area contributed by atoms with E-state index in [0.29, 0.717) is 0 Å². The van der Waals surface area contributed by atoms with Crippen molar-refractivity contribution in [2.45, 2.75) is 13.8 Å². The zero-order valence-corrected chi connectivity index (χ0v) is 11.2. The van der Waals surface area contributed by atoms with Gasteiger partial charge in [-0.2, -0.15) is 0 Å². The second kappa shape index (κ2) is 6.36. The third-order valence-corrected chi connectivity index (χ3v) is 3.24. The maximum atomic E-state index is 4.44. The standard InChI is InChI=1S/C15H21N3/c1-3-18(4-2)10-9-16-14-11-13-7-5-6-8-15(13)17-12-14/h5-8,11-12,16H,3-4,9-10H2,1-2H3. The molecule has 18 heavy (non-hydrogen) atoms. The Morgan fingerprint density at radius 3 is 2.72 bits per heavy atom. The molecule has 0 spiro atoms. The molecule has 0 aliphatic rings. The van der Waals surface area contributed by atoms with Crippen molar-refractivity contribution in [1.82, 2.24) is 9.88 Å². The van der Waals surface area contributed by atoms with Gasteiger partial charge in [0.15, 0.2) is 0 Å². The van der Waals surface area contributed by atoms with Crippen LogP contribution in [0.25, 0.3) is 10.9 Å². The molecule has 1 N–H and O–H groups in total. The third-order valence-electron chi connectivity index (χ3n) is 3.24. The zero-order valence-electron chi connectivity index (χ0n) is 11.2. The van der Waals surface area contributed by atoms with Crippen LogP contribution in [0.1, 0.15) is 13.8 Å². The van der Waals surface area contributed by atoms with E-state index in [1.807, 2.05) is 24.4 Å². The van der Waals surface area contributed by atoms with E-state index in [-0.39, 0.29) is 0 Å². The van der Waals surface area contributed by atoms with Crippen molar-refractivity contribution in [3.63, 3.8) is 0 Å². The smallest absolute Gasteiger partial charge is 0.0703 e. The van der Waals surface area contributed by atoms with Gasteiger partial charge in [-0.1, -0.05) is 32.0 Å². The number of likely N-dealkylation sites (N-methyl/N-ethyl adjacent to an activating group) is 1. The quantitative estimate of drug-likeness (QED) is 0.845. The molecule has 0 bridgehead atoms. The van der Waals surface area contributed by atoms with Gasteiger partial charge < -0.3 is 10.2 Å². The van der Waals surface area contributed by atoms with E-state index in [0.717, 1.165) is 37.4 Å². The molecule has 0 atom stereocenters. The SMILES string of the molecule is CCN(CC)CCNc1cnc2ccccc2c1. The number of nitrogens with one attached hydrogen (secondary N) is 1. The van der Waals surface area contributed by atoms with E-state index >= 15 is 0 Å². The van der Waals surface area contributed by atoms with E-state index in [4.69, 9.17) is 0 Å². The predicted molar refractivity (Wildman–Crippen MR) is 78.0 cm³/mol. The highest BCUT2D eigenvalue weighted by Gasteiger charge is 1.99. The normalized spacial score (nSPS) is 11.1. The summed E-state index contributed by atoms with van der Waals surface area (Å²) in [4.78, 5) is 6.85. The summed E-state index contributed by atoms with van der Waals surface area (Å²) >= 11 is 0. The number of anilines is 1. The molecule has 0 saturated carbocycles. The largest absolute Gasteiger partial charge is 0.382 e. The molecule has 0 fully saturated rings. The Kier molecular flexibility index (Phi) is 4.53. The lowest BCUT2D eigenvalue weighted by Crippen LogP contribution is -2.28. The number of hydrogen-bond acceptors (Lipinski definition) is 3. The maximum absolute atomic E-state index is 4.44. The molecule has 1 heterocycles. The molecule has 0 aliphatic heterocycles. The van der Waals surface area contributed by atoms with Gasteiger partial charge in [0.2, 0.25) is 0 Å². The average Bonchev–Trinajstić information content (AvgIpc) is 2.43. The molecule has 2 aromatic rings. The summed E-state index contributed by atoms with van der Waals surface area (Å²) in [5, 5.41) is 4.62. The first-order chi connectivity index (χ1) is 8.83. The van der Waals surface area contributed by atoms with Crippen molar-refractivity contribution in [2.75, 3.05) is 31.5 Å². The van der Waals surface area contributed by atoms with Gasteiger partial charge in [0.1, 0.15) is 0 Å². The van der Waals surface area contributed by atoms with Crippen molar-refractivity contribution < 1.29 is 0 Å². The number of benzene rings is 1. The van der Waals surface area contributed by atoms with Crippen LogP contribution in [-0.2, 0) is 0 Å². The van der Waals surface area contributed by atoms with E-state index in [1.54, 1.807) is 0 Å². The molecular formula is C15H21N3. The predicted octanol–water partition coefficient (Wildman–Crippen LogP) is 2.99. The van der Waals surface area contributed by atoms with Crippen LogP contribution in [-0.4, -0.2) is 36.1 Å². The summed E-state index contributed by atoms with van der Waals surface area (Å²) in [7, 11) is 0. The lowest BCUT2D eigenvalue weighted by Gasteiger charge is -2.18. The van der Waals surface area contributed by atoms with E-state index in [1.165, 1.54) is 5.39 Å². The first-order valence-corrected chi connectivity index (χ1v) is 6.64. The van der Waals surface area contributed by atoms with E-state index in [2.05, 4.69) is 41.2 Å². The summed E-state index contributed by atoms with van der Waals surface area (Å²) in [5.41, 5.74) is 2.15. The number of aromatic nitrogens is 1. The molecule has 96 valence electrons. The van der Waals surface area contributed by atoms with Crippen LogP contribution in [0.4, 0.5) is 5.69 Å². The van der Waals surface area contributed by atoms with E-state index < -0.39 is 0 Å². The van der Waals surface area contributed by atoms with Gasteiger partial charge in [0.05, 0.1) is 17.4 Å². The second-order valence-corrected chi connectivity index (χ2v) is 4.37. The Hall–Kier alpha value is -1.61. The molecule has 1 aromatic heterocycles. The highest BCUT2D eigenvalue weighted by molar-refractivity contribution is 5.81. The van der Waals surface area contributed by atoms with Crippen LogP contribution in [0.2, 0.25) is 0 Å². The molecule has 0 radical (unpaired) electrons. The molecular weight excluding hydrogens is 222 g/mol. The molecule has 0 saturated heterocycles. The van der Waals surface area contributed by atoms with Gasteiger partial charge in [0, 0.05) is 18.5 Å². The van der Waals surface area contributed by atoms with Gasteiger partial charge in [-0.3, -0.25) is 4.98 Å². The van der Waals surface area contributed by atoms with Crippen LogP contribution in [0.15, 0.2) is 36.5 Å². The lowest BCUT2D eigenvalue weighted by molar-refractivity contribution is 0.316. The lowest BCUT2D eigenvalue weighted by atomic mass is 10.2. The molecule has 3 heteroatoms. The Morgan fingerprint density at radius 1 is 1.17 bits per heavy atom. The second-order valence-electron chi connectivity index (χ2n) is 4.37. The summed E-state index contributed by atoms with van der Waals surface area (Å²) < 4.78 is 0. The van der Waals surface area contributed by atoms with Gasteiger partial charge in [-0.25, -0.2) is 0 Å². The van der Waals surface area contributed by atoms with Gasteiger partial charge in [0.25, 0.3) is 0 Å². The fraction of sp³-hybridized carbons (Fsp3) is 0.400. The summed E-state index contributed by atoms with van der Waals surface area (Å²) in [6.07, 6.45) is 1.91. The number of hydrogen-bond donors (Lipinski definition) is 1. The summed E-state index contributed by atoms with van der Waals surface area (Å²) in [6.45, 7) is 8.63. The van der Waals surface area contributed by atoms with Crippen LogP contribution < -0.4 is 5.32 Å². The highest BCUT2D eigenvalue weighted by atomic mass is 15.1. The van der Waals surface area contributed by atoms with Crippen molar-refractivity contribution >= 4 is 16.6 Å². The molecule has 0 aliphatic carbocycles. The first kappa shape index (κ1) is 12.8. The highest BCUT2D eigenvalue weighted by Crippen LogP contribution is 2.15. The van der Waals surface area contributed by atoms with Crippen molar-refractivity contribution in [3.8, 4) is 0 Å². The van der Waals surface area contributed by atoms with Crippen molar-refractivity contribution in [3.05, 3.63) is 36.5 Å². The van der Waals surface area contributed by atoms with Gasteiger partial charge in [-0.15, -0.1) is 0 Å². The van der Waals surface area contributed by atoms with Crippen LogP contribution >= 0.6 is 0 Å². The number of pyridine rings is 1. The Labute approximate surface area is 109 Å². The first-order valence-electron chi connectivity index (χ1n) is 6.64. The molecule has 2 rings (SSSR count). The fourth-order valence-corrected chi connectivity index (χ4v) is 2.07. The third kappa shape index (κ3) is 3.20. The van der Waals surface area contributed by atoms with Crippen LogP contribution in [0, 0.1) is 0 Å². The summed E-state index contributed by atoms with van der Waals surface area (Å²) in [5.74, 6) is 0. The Morgan fingerprint density at radius 2 is 1.94 bits per heavy atom. The van der Waals surface area contributed by atoms with Gasteiger partial charge in [-0.05, 0) is 25.2 Å². The molecule has 1 aromatic carbocycles. The minimum absolute atomic E-state index is 0.960. The molecule has 0 amide bonds. The average molecular weight is 243 g/mol. The Bertz CT molecular complexity index is 492. The minimum Gasteiger partial charge on any atom is -0.382 e. The fourth-order valence-electron chi connectivity index (χ4n) is 2.07. The van der Waals surface area contributed by atoms with Gasteiger partial charge >= 0.3 is 0 Å². The Balaban J connectivity index is 1.95. The van der Waals surface area contributed by atoms with Crippen molar-refractivity contribution in [2.24, 2.45) is 0 Å². The number of fused-ring (bicyclic) bond motifs is 1. The number of rotatable bonds is 6. The van der Waals surface area contributed by atoms with E-state index in [9.17, 15) is 0 Å². The van der Waals surface area contributed by atoms with Crippen LogP contribution in [0.5, 0.6) is 0 Å². The van der Waals surface area contributed by atoms with Crippen molar-refractivity contribution in [1.29, 1.82) is 0 Å². The number of para-hydroxylation sites is 1. The minimum atomic E-state index is 0.960. The monoisotopic (exact) mass is 243 g/mol. The topological polar surface area (TPSA) is 28.2 Å². The molecule has 3 nitrogen and oxygen atoms in total. The van der Waals surface area contributed by atoms with Crippen LogP contribution in [0.3, 0.4) is 0 Å². The molecule has 0 unspecified atom stereocenters. The maximum Gasteiger partial charge on any atom is 0.0703 e. The number of nitrogens with zero attached hydrogens (tertiary/aromatic N) is 2. The zero-order chi connectivity index (χ0) is 12.8.